The Morgan fingerprint density at radius 3 is 2.86 bits per heavy atom. The van der Waals surface area contributed by atoms with E-state index in [0.717, 1.165) is 30.5 Å². The van der Waals surface area contributed by atoms with Crippen molar-refractivity contribution in [3.05, 3.63) is 17.7 Å². The number of fused-ring (bicyclic) bond motifs is 1. The second-order valence-electron chi connectivity index (χ2n) is 5.02. The Hall–Kier alpha value is -2.03. The average Bonchev–Trinajstić information content (AvgIpc) is 3.03. The first-order valence-corrected chi connectivity index (χ1v) is 7.28. The van der Waals surface area contributed by atoms with Gasteiger partial charge in [0, 0.05) is 25.4 Å². The van der Waals surface area contributed by atoms with Gasteiger partial charge in [0.15, 0.2) is 5.52 Å². The van der Waals surface area contributed by atoms with Crippen molar-refractivity contribution < 1.29 is 14.5 Å². The lowest BCUT2D eigenvalue weighted by Gasteiger charge is -2.14. The van der Waals surface area contributed by atoms with Gasteiger partial charge in [-0.25, -0.2) is 4.63 Å². The number of rotatable bonds is 10. The van der Waals surface area contributed by atoms with Crippen molar-refractivity contribution in [3.63, 3.8) is 0 Å². The van der Waals surface area contributed by atoms with Gasteiger partial charge < -0.3 is 15.2 Å². The standard InChI is InChI=1S/C14H21N5O3/c15-17-7-2-6-16-12-5-4-11(10(9-21)3-1-8-20)13-14(12)19-22-18-13/h4-5,8,10,16-17,21H,1-3,6-7,9,15H2. The molecule has 0 fully saturated rings. The smallest absolute Gasteiger partial charge is 0.158 e. The van der Waals surface area contributed by atoms with Crippen LogP contribution in [0.2, 0.25) is 0 Å². The van der Waals surface area contributed by atoms with Gasteiger partial charge in [-0.15, -0.1) is 0 Å². The second kappa shape index (κ2) is 8.42. The van der Waals surface area contributed by atoms with E-state index in [1.165, 1.54) is 0 Å². The fourth-order valence-electron chi connectivity index (χ4n) is 2.39. The number of hydrogen-bond acceptors (Lipinski definition) is 8. The predicted octanol–water partition coefficient (Wildman–Crippen LogP) is 0.543. The van der Waals surface area contributed by atoms with Crippen LogP contribution in [0.4, 0.5) is 5.69 Å². The summed E-state index contributed by atoms with van der Waals surface area (Å²) in [5.74, 6) is 5.07. The van der Waals surface area contributed by atoms with Crippen LogP contribution in [0.3, 0.4) is 0 Å². The van der Waals surface area contributed by atoms with Crippen LogP contribution in [0.15, 0.2) is 16.8 Å². The first-order chi connectivity index (χ1) is 10.8. The molecule has 0 aliphatic rings. The Morgan fingerprint density at radius 1 is 1.32 bits per heavy atom. The maximum Gasteiger partial charge on any atom is 0.158 e. The van der Waals surface area contributed by atoms with Gasteiger partial charge >= 0.3 is 0 Å². The summed E-state index contributed by atoms with van der Waals surface area (Å²) in [5, 5.41) is 20.7. The largest absolute Gasteiger partial charge is 0.396 e. The van der Waals surface area contributed by atoms with Gasteiger partial charge in [-0.05, 0) is 34.8 Å². The van der Waals surface area contributed by atoms with Crippen molar-refractivity contribution in [2.24, 2.45) is 5.84 Å². The molecule has 0 aliphatic heterocycles. The van der Waals surface area contributed by atoms with E-state index in [0.29, 0.717) is 30.4 Å². The molecule has 2 rings (SSSR count). The number of hydrazine groups is 1. The summed E-state index contributed by atoms with van der Waals surface area (Å²) in [4.78, 5) is 10.5. The minimum Gasteiger partial charge on any atom is -0.396 e. The van der Waals surface area contributed by atoms with Gasteiger partial charge in [0.1, 0.15) is 11.8 Å². The highest BCUT2D eigenvalue weighted by molar-refractivity contribution is 5.89. The van der Waals surface area contributed by atoms with Gasteiger partial charge in [-0.3, -0.25) is 11.3 Å². The van der Waals surface area contributed by atoms with Gasteiger partial charge in [0.05, 0.1) is 12.3 Å². The number of carbonyl (C=O) groups excluding carboxylic acids is 1. The van der Waals surface area contributed by atoms with E-state index in [4.69, 9.17) is 10.5 Å². The molecule has 5 N–H and O–H groups in total. The van der Waals surface area contributed by atoms with Crippen LogP contribution in [-0.4, -0.2) is 41.4 Å². The van der Waals surface area contributed by atoms with Crippen molar-refractivity contribution in [1.29, 1.82) is 0 Å². The third-order valence-electron chi connectivity index (χ3n) is 3.55. The van der Waals surface area contributed by atoms with E-state index in [1.807, 2.05) is 12.1 Å². The van der Waals surface area contributed by atoms with Crippen LogP contribution >= 0.6 is 0 Å². The number of aldehydes is 1. The van der Waals surface area contributed by atoms with Crippen molar-refractivity contribution in [3.8, 4) is 0 Å². The zero-order chi connectivity index (χ0) is 15.8. The Balaban J connectivity index is 2.20. The zero-order valence-electron chi connectivity index (χ0n) is 12.3. The molecule has 0 bridgehead atoms. The number of benzene rings is 1. The minimum absolute atomic E-state index is 0.0508. The molecule has 22 heavy (non-hydrogen) atoms. The Bertz CT molecular complexity index is 601. The van der Waals surface area contributed by atoms with Crippen LogP contribution in [0, 0.1) is 0 Å². The molecule has 0 aliphatic carbocycles. The van der Waals surface area contributed by atoms with E-state index < -0.39 is 0 Å². The van der Waals surface area contributed by atoms with Crippen molar-refractivity contribution in [2.75, 3.05) is 25.0 Å². The number of anilines is 1. The number of nitrogens with one attached hydrogen (secondary N) is 2. The van der Waals surface area contributed by atoms with Crippen LogP contribution in [0.25, 0.3) is 11.0 Å². The van der Waals surface area contributed by atoms with E-state index in [9.17, 15) is 9.90 Å². The lowest BCUT2D eigenvalue weighted by atomic mass is 9.93. The SMILES string of the molecule is NNCCCNc1ccc(C(CO)CCC=O)c2nonc12. The number of nitrogens with two attached hydrogens (primary N) is 1. The topological polar surface area (TPSA) is 126 Å². The van der Waals surface area contributed by atoms with Crippen molar-refractivity contribution >= 4 is 23.0 Å². The second-order valence-corrected chi connectivity index (χ2v) is 5.02. The van der Waals surface area contributed by atoms with Gasteiger partial charge in [-0.2, -0.15) is 0 Å². The van der Waals surface area contributed by atoms with Gasteiger partial charge in [-0.1, -0.05) is 6.07 Å². The molecule has 0 saturated heterocycles. The number of carbonyl (C=O) groups is 1. The molecule has 8 heteroatoms. The maximum absolute atomic E-state index is 10.5. The minimum atomic E-state index is -0.157. The first-order valence-electron chi connectivity index (χ1n) is 7.28. The van der Waals surface area contributed by atoms with Gasteiger partial charge in [0.2, 0.25) is 0 Å². The van der Waals surface area contributed by atoms with Crippen LogP contribution in [-0.2, 0) is 4.79 Å². The Labute approximate surface area is 128 Å². The summed E-state index contributed by atoms with van der Waals surface area (Å²) in [5.41, 5.74) is 5.51. The summed E-state index contributed by atoms with van der Waals surface area (Å²) in [6.07, 6.45) is 2.67. The quantitative estimate of drug-likeness (QED) is 0.217. The summed E-state index contributed by atoms with van der Waals surface area (Å²) >= 11 is 0. The first kappa shape index (κ1) is 16.3. The molecule has 0 saturated carbocycles. The molecule has 8 nitrogen and oxygen atoms in total. The molecule has 1 heterocycles. The number of aromatic nitrogens is 2. The summed E-state index contributed by atoms with van der Waals surface area (Å²) in [6.45, 7) is 1.40. The number of aliphatic hydroxyl groups excluding tert-OH is 1. The number of hydrogen-bond donors (Lipinski definition) is 4. The summed E-state index contributed by atoms with van der Waals surface area (Å²) in [7, 11) is 0. The van der Waals surface area contributed by atoms with Crippen molar-refractivity contribution in [1.82, 2.24) is 15.7 Å². The Morgan fingerprint density at radius 2 is 2.14 bits per heavy atom. The zero-order valence-corrected chi connectivity index (χ0v) is 12.3. The van der Waals surface area contributed by atoms with Crippen LogP contribution in [0.5, 0.6) is 0 Å². The molecular formula is C14H21N5O3. The molecule has 1 aromatic heterocycles. The van der Waals surface area contributed by atoms with Gasteiger partial charge in [0.25, 0.3) is 0 Å². The molecule has 2 aromatic rings. The van der Waals surface area contributed by atoms with E-state index >= 15 is 0 Å². The fourth-order valence-corrected chi connectivity index (χ4v) is 2.39. The molecule has 0 spiro atoms. The lowest BCUT2D eigenvalue weighted by molar-refractivity contribution is -0.108. The molecular weight excluding hydrogens is 286 g/mol. The maximum atomic E-state index is 10.5. The summed E-state index contributed by atoms with van der Waals surface area (Å²) in [6, 6.07) is 3.78. The number of nitrogens with zero attached hydrogens (tertiary/aromatic N) is 2. The third-order valence-corrected chi connectivity index (χ3v) is 3.55. The summed E-state index contributed by atoms with van der Waals surface area (Å²) < 4.78 is 4.85. The highest BCUT2D eigenvalue weighted by Crippen LogP contribution is 2.30. The van der Waals surface area contributed by atoms with E-state index in [1.54, 1.807) is 0 Å². The van der Waals surface area contributed by atoms with Crippen molar-refractivity contribution in [2.45, 2.75) is 25.2 Å². The highest BCUT2D eigenvalue weighted by Gasteiger charge is 2.18. The molecule has 0 radical (unpaired) electrons. The number of aliphatic hydroxyl groups is 1. The monoisotopic (exact) mass is 307 g/mol. The highest BCUT2D eigenvalue weighted by atomic mass is 16.6. The molecule has 1 atom stereocenters. The molecule has 1 unspecified atom stereocenters. The third kappa shape index (κ3) is 3.79. The van der Waals surface area contributed by atoms with E-state index in [2.05, 4.69) is 21.1 Å². The normalized spacial score (nSPS) is 12.5. The predicted molar refractivity (Wildman–Crippen MR) is 82.2 cm³/mol. The Kier molecular flexibility index (Phi) is 6.26. The van der Waals surface area contributed by atoms with Crippen LogP contribution in [0.1, 0.15) is 30.7 Å². The molecule has 120 valence electrons. The lowest BCUT2D eigenvalue weighted by Crippen LogP contribution is -2.24. The molecule has 1 aromatic carbocycles. The molecule has 0 amide bonds. The van der Waals surface area contributed by atoms with Crippen LogP contribution < -0.4 is 16.6 Å². The van der Waals surface area contributed by atoms with E-state index in [-0.39, 0.29) is 12.5 Å². The average molecular weight is 307 g/mol. The fraction of sp³-hybridized carbons (Fsp3) is 0.500.